The highest BCUT2D eigenvalue weighted by atomic mass is 16.6. The molecule has 2 aromatic carbocycles. The molecule has 1 aliphatic rings. The number of hydrogen-bond acceptors (Lipinski definition) is 6. The fourth-order valence-corrected chi connectivity index (χ4v) is 2.96. The van der Waals surface area contributed by atoms with Crippen LogP contribution >= 0.6 is 0 Å². The SMILES string of the molecule is COC(=O)C1=COc2c(ccc3ccccc23)C1(OC)C(=O)OC. The van der Waals surface area contributed by atoms with Crippen LogP contribution in [0.1, 0.15) is 5.56 Å². The van der Waals surface area contributed by atoms with Crippen LogP contribution in [0, 0.1) is 0 Å². The molecular formula is C18H16O6. The molecule has 0 aromatic heterocycles. The van der Waals surface area contributed by atoms with Crippen LogP contribution in [-0.2, 0) is 29.4 Å². The van der Waals surface area contributed by atoms with Gasteiger partial charge in [0, 0.05) is 18.1 Å². The molecule has 6 heteroatoms. The first-order valence-electron chi connectivity index (χ1n) is 7.21. The van der Waals surface area contributed by atoms with Crippen LogP contribution in [0.25, 0.3) is 10.8 Å². The van der Waals surface area contributed by atoms with E-state index in [1.165, 1.54) is 27.6 Å². The van der Waals surface area contributed by atoms with Gasteiger partial charge in [0.25, 0.3) is 0 Å². The summed E-state index contributed by atoms with van der Waals surface area (Å²) in [4.78, 5) is 24.8. The second-order valence-electron chi connectivity index (χ2n) is 5.18. The van der Waals surface area contributed by atoms with E-state index >= 15 is 0 Å². The number of fused-ring (bicyclic) bond motifs is 3. The predicted octanol–water partition coefficient (Wildman–Crippen LogP) is 2.30. The zero-order valence-electron chi connectivity index (χ0n) is 13.5. The second-order valence-corrected chi connectivity index (χ2v) is 5.18. The smallest absolute Gasteiger partial charge is 0.348 e. The summed E-state index contributed by atoms with van der Waals surface area (Å²) in [6, 6.07) is 11.1. The summed E-state index contributed by atoms with van der Waals surface area (Å²) in [5.41, 5.74) is -1.44. The average Bonchev–Trinajstić information content (AvgIpc) is 2.65. The van der Waals surface area contributed by atoms with Gasteiger partial charge in [-0.25, -0.2) is 9.59 Å². The number of methoxy groups -OCH3 is 3. The number of carbonyl (C=O) groups excluding carboxylic acids is 2. The van der Waals surface area contributed by atoms with Crippen molar-refractivity contribution in [1.29, 1.82) is 0 Å². The maximum Gasteiger partial charge on any atom is 0.348 e. The average molecular weight is 328 g/mol. The van der Waals surface area contributed by atoms with Crippen molar-refractivity contribution in [3.05, 3.63) is 53.8 Å². The highest BCUT2D eigenvalue weighted by Crippen LogP contribution is 2.46. The molecule has 6 nitrogen and oxygen atoms in total. The van der Waals surface area contributed by atoms with Crippen molar-refractivity contribution >= 4 is 22.7 Å². The first-order chi connectivity index (χ1) is 11.6. The van der Waals surface area contributed by atoms with E-state index in [4.69, 9.17) is 18.9 Å². The fraction of sp³-hybridized carbons (Fsp3) is 0.222. The van der Waals surface area contributed by atoms with E-state index in [9.17, 15) is 9.59 Å². The van der Waals surface area contributed by atoms with Gasteiger partial charge in [0.15, 0.2) is 0 Å². The molecule has 0 amide bonds. The molecule has 0 aliphatic carbocycles. The number of rotatable bonds is 3. The van der Waals surface area contributed by atoms with Crippen LogP contribution in [0.15, 0.2) is 48.2 Å². The Bertz CT molecular complexity index is 854. The van der Waals surface area contributed by atoms with E-state index in [1.54, 1.807) is 6.07 Å². The Balaban J connectivity index is 2.35. The lowest BCUT2D eigenvalue weighted by molar-refractivity contribution is -0.167. The third-order valence-corrected chi connectivity index (χ3v) is 4.12. The van der Waals surface area contributed by atoms with Gasteiger partial charge in [0.05, 0.1) is 14.2 Å². The normalized spacial score (nSPS) is 19.0. The Hall–Kier alpha value is -2.86. The highest BCUT2D eigenvalue weighted by Gasteiger charge is 2.53. The lowest BCUT2D eigenvalue weighted by Crippen LogP contribution is -2.45. The van der Waals surface area contributed by atoms with Crippen molar-refractivity contribution in [2.45, 2.75) is 5.60 Å². The molecule has 24 heavy (non-hydrogen) atoms. The summed E-state index contributed by atoms with van der Waals surface area (Å²) >= 11 is 0. The van der Waals surface area contributed by atoms with Gasteiger partial charge in [0.2, 0.25) is 5.60 Å². The van der Waals surface area contributed by atoms with Gasteiger partial charge in [-0.15, -0.1) is 0 Å². The van der Waals surface area contributed by atoms with Gasteiger partial charge in [-0.05, 0) is 5.39 Å². The van der Waals surface area contributed by atoms with Crippen molar-refractivity contribution in [2.24, 2.45) is 0 Å². The maximum absolute atomic E-state index is 12.6. The standard InChI is InChI=1S/C18H16O6/c1-21-16(19)14-10-24-15-12-7-5-4-6-11(12)8-9-13(15)18(14,23-3)17(20)22-2/h4-10H,1-3H3. The van der Waals surface area contributed by atoms with Crippen LogP contribution in [0.4, 0.5) is 0 Å². The van der Waals surface area contributed by atoms with Crippen molar-refractivity contribution in [3.8, 4) is 5.75 Å². The van der Waals surface area contributed by atoms with Gasteiger partial charge in [0.1, 0.15) is 17.6 Å². The largest absolute Gasteiger partial charge is 0.466 e. The van der Waals surface area contributed by atoms with Crippen molar-refractivity contribution in [1.82, 2.24) is 0 Å². The molecule has 1 heterocycles. The highest BCUT2D eigenvalue weighted by molar-refractivity contribution is 6.03. The summed E-state index contributed by atoms with van der Waals surface area (Å²) in [6.07, 6.45) is 1.18. The van der Waals surface area contributed by atoms with Crippen LogP contribution in [-0.4, -0.2) is 33.3 Å². The van der Waals surface area contributed by atoms with Crippen molar-refractivity contribution < 1.29 is 28.5 Å². The fourth-order valence-electron chi connectivity index (χ4n) is 2.96. The molecule has 0 saturated carbocycles. The zero-order valence-corrected chi connectivity index (χ0v) is 13.5. The third-order valence-electron chi connectivity index (χ3n) is 4.12. The molecule has 0 N–H and O–H groups in total. The number of esters is 2. The van der Waals surface area contributed by atoms with E-state index in [-0.39, 0.29) is 5.57 Å². The second kappa shape index (κ2) is 5.98. The summed E-state index contributed by atoms with van der Waals surface area (Å²) in [5, 5.41) is 1.72. The van der Waals surface area contributed by atoms with E-state index < -0.39 is 17.5 Å². The lowest BCUT2D eigenvalue weighted by atomic mass is 9.83. The minimum absolute atomic E-state index is 0.0814. The van der Waals surface area contributed by atoms with Gasteiger partial charge in [-0.2, -0.15) is 0 Å². The van der Waals surface area contributed by atoms with E-state index in [1.807, 2.05) is 30.3 Å². The quantitative estimate of drug-likeness (QED) is 0.805. The summed E-state index contributed by atoms with van der Waals surface area (Å²) in [6.45, 7) is 0. The maximum atomic E-state index is 12.6. The van der Waals surface area contributed by atoms with E-state index in [0.29, 0.717) is 11.3 Å². The molecule has 2 aromatic rings. The van der Waals surface area contributed by atoms with Gasteiger partial charge >= 0.3 is 11.9 Å². The van der Waals surface area contributed by atoms with Crippen LogP contribution in [0.3, 0.4) is 0 Å². The number of hydrogen-bond donors (Lipinski definition) is 0. The van der Waals surface area contributed by atoms with E-state index in [0.717, 1.165) is 10.8 Å². The van der Waals surface area contributed by atoms with Gasteiger partial charge in [-0.3, -0.25) is 0 Å². The molecular weight excluding hydrogens is 312 g/mol. The van der Waals surface area contributed by atoms with Gasteiger partial charge in [-0.1, -0.05) is 36.4 Å². The topological polar surface area (TPSA) is 71.1 Å². The molecule has 124 valence electrons. The third kappa shape index (κ3) is 2.07. The minimum Gasteiger partial charge on any atom is -0.466 e. The van der Waals surface area contributed by atoms with Crippen LogP contribution in [0.2, 0.25) is 0 Å². The number of ether oxygens (including phenoxy) is 4. The Morgan fingerprint density at radius 3 is 2.42 bits per heavy atom. The number of carbonyl (C=O) groups is 2. The molecule has 0 fully saturated rings. The summed E-state index contributed by atoms with van der Waals surface area (Å²) in [5.74, 6) is -1.03. The molecule has 0 radical (unpaired) electrons. The zero-order chi connectivity index (χ0) is 17.3. The molecule has 3 rings (SSSR count). The molecule has 1 aliphatic heterocycles. The van der Waals surface area contributed by atoms with Crippen LogP contribution < -0.4 is 4.74 Å². The van der Waals surface area contributed by atoms with Crippen molar-refractivity contribution in [2.75, 3.05) is 21.3 Å². The Morgan fingerprint density at radius 2 is 1.75 bits per heavy atom. The molecule has 1 unspecified atom stereocenters. The van der Waals surface area contributed by atoms with Crippen molar-refractivity contribution in [3.63, 3.8) is 0 Å². The molecule has 1 atom stereocenters. The first-order valence-corrected chi connectivity index (χ1v) is 7.21. The Labute approximate surface area is 138 Å². The molecule has 0 spiro atoms. The summed E-state index contributed by atoms with van der Waals surface area (Å²) in [7, 11) is 3.78. The first kappa shape index (κ1) is 16.0. The Morgan fingerprint density at radius 1 is 1.00 bits per heavy atom. The van der Waals surface area contributed by atoms with Crippen LogP contribution in [0.5, 0.6) is 5.75 Å². The molecule has 0 bridgehead atoms. The predicted molar refractivity (Wildman–Crippen MR) is 85.4 cm³/mol. The van der Waals surface area contributed by atoms with E-state index in [2.05, 4.69) is 0 Å². The molecule has 0 saturated heterocycles. The minimum atomic E-state index is -1.75. The summed E-state index contributed by atoms with van der Waals surface area (Å²) < 4.78 is 20.9. The Kier molecular flexibility index (Phi) is 3.99. The van der Waals surface area contributed by atoms with Gasteiger partial charge < -0.3 is 18.9 Å². The lowest BCUT2D eigenvalue weighted by Gasteiger charge is -2.35. The number of benzene rings is 2. The monoisotopic (exact) mass is 328 g/mol.